The molecule has 4 rings (SSSR count). The molecular formula is C29H37N5O5S. The molecule has 0 fully saturated rings. The molecule has 0 amide bonds. The SMILES string of the molecule is CCCCCCCc1nc(C)c2c(=O)[nH]c(-c3cc(S(=O)(=O)NCc4ccccc4OC)ccc3OCC)nn12. The summed E-state index contributed by atoms with van der Waals surface area (Å²) in [6.07, 6.45) is 6.22. The Morgan fingerprint density at radius 1 is 1.02 bits per heavy atom. The second-order valence-corrected chi connectivity index (χ2v) is 11.3. The van der Waals surface area contributed by atoms with Crippen molar-refractivity contribution in [2.45, 2.75) is 70.7 Å². The number of para-hydroxylation sites is 1. The van der Waals surface area contributed by atoms with Crippen LogP contribution in [0, 0.1) is 6.92 Å². The standard InChI is InChI=1S/C29H37N5O5S/c1-5-7-8-9-10-15-26-31-20(3)27-29(35)32-28(33-34(26)27)23-18-22(16-17-25(23)39-6-2)40(36,37)30-19-21-13-11-12-14-24(21)38-4/h11-14,16-18,30H,5-10,15,19H2,1-4H3,(H,32,33,35). The summed E-state index contributed by atoms with van der Waals surface area (Å²) in [4.78, 5) is 20.6. The number of nitrogens with one attached hydrogen (secondary N) is 2. The van der Waals surface area contributed by atoms with Crippen molar-refractivity contribution < 1.29 is 17.9 Å². The van der Waals surface area contributed by atoms with Gasteiger partial charge < -0.3 is 14.5 Å². The third-order valence-corrected chi connectivity index (χ3v) is 8.11. The third-order valence-electron chi connectivity index (χ3n) is 6.71. The van der Waals surface area contributed by atoms with Gasteiger partial charge in [0, 0.05) is 18.5 Å². The van der Waals surface area contributed by atoms with Crippen molar-refractivity contribution in [2.75, 3.05) is 13.7 Å². The molecule has 0 radical (unpaired) electrons. The molecule has 11 heteroatoms. The zero-order chi connectivity index (χ0) is 28.7. The molecule has 4 aromatic rings. The topological polar surface area (TPSA) is 128 Å². The molecule has 0 saturated heterocycles. The lowest BCUT2D eigenvalue weighted by atomic mass is 10.1. The summed E-state index contributed by atoms with van der Waals surface area (Å²) in [6, 6.07) is 11.7. The van der Waals surface area contributed by atoms with Gasteiger partial charge in [0.1, 0.15) is 17.3 Å². The first kappa shape index (κ1) is 29.3. The Morgan fingerprint density at radius 3 is 2.55 bits per heavy atom. The first-order valence-corrected chi connectivity index (χ1v) is 15.1. The number of aromatic nitrogens is 4. The number of rotatable bonds is 14. The van der Waals surface area contributed by atoms with Crippen molar-refractivity contribution in [3.63, 3.8) is 0 Å². The zero-order valence-electron chi connectivity index (χ0n) is 23.5. The van der Waals surface area contributed by atoms with E-state index in [0.29, 0.717) is 52.7 Å². The van der Waals surface area contributed by atoms with E-state index in [2.05, 4.69) is 21.6 Å². The molecule has 0 spiro atoms. The molecule has 0 aliphatic heterocycles. The van der Waals surface area contributed by atoms with Crippen LogP contribution in [0.5, 0.6) is 11.5 Å². The van der Waals surface area contributed by atoms with Crippen LogP contribution in [0.3, 0.4) is 0 Å². The van der Waals surface area contributed by atoms with Crippen molar-refractivity contribution >= 4 is 15.5 Å². The molecule has 0 bridgehead atoms. The van der Waals surface area contributed by atoms with Crippen LogP contribution in [0.4, 0.5) is 0 Å². The number of aryl methyl sites for hydroxylation is 2. The summed E-state index contributed by atoms with van der Waals surface area (Å²) in [5, 5.41) is 4.71. The van der Waals surface area contributed by atoms with Crippen molar-refractivity contribution in [2.24, 2.45) is 0 Å². The fraction of sp³-hybridized carbons (Fsp3) is 0.414. The molecule has 0 atom stereocenters. The molecule has 0 aliphatic carbocycles. The fourth-order valence-corrected chi connectivity index (χ4v) is 5.69. The molecule has 2 aromatic carbocycles. The lowest BCUT2D eigenvalue weighted by Crippen LogP contribution is -2.23. The number of hydrogen-bond acceptors (Lipinski definition) is 7. The van der Waals surface area contributed by atoms with Gasteiger partial charge in [-0.25, -0.2) is 22.6 Å². The predicted octanol–water partition coefficient (Wildman–Crippen LogP) is 4.79. The van der Waals surface area contributed by atoms with Gasteiger partial charge in [-0.1, -0.05) is 50.8 Å². The molecule has 0 aliphatic rings. The number of methoxy groups -OCH3 is 1. The zero-order valence-corrected chi connectivity index (χ0v) is 24.3. The summed E-state index contributed by atoms with van der Waals surface area (Å²) in [5.41, 5.74) is 1.70. The molecular weight excluding hydrogens is 530 g/mol. The van der Waals surface area contributed by atoms with Crippen LogP contribution in [0.15, 0.2) is 52.2 Å². The van der Waals surface area contributed by atoms with Crippen molar-refractivity contribution in [3.05, 3.63) is 69.9 Å². The molecule has 2 aromatic heterocycles. The first-order valence-electron chi connectivity index (χ1n) is 13.7. The predicted molar refractivity (Wildman–Crippen MR) is 154 cm³/mol. The average molecular weight is 568 g/mol. The van der Waals surface area contributed by atoms with Crippen LogP contribution < -0.4 is 19.8 Å². The van der Waals surface area contributed by atoms with Crippen molar-refractivity contribution in [1.29, 1.82) is 0 Å². The Bertz CT molecular complexity index is 1630. The van der Waals surface area contributed by atoms with E-state index in [0.717, 1.165) is 19.3 Å². The number of nitrogens with zero attached hydrogens (tertiary/aromatic N) is 3. The Kier molecular flexibility index (Phi) is 9.59. The first-order chi connectivity index (χ1) is 19.3. The number of aromatic amines is 1. The minimum Gasteiger partial charge on any atom is -0.496 e. The molecule has 10 nitrogen and oxygen atoms in total. The number of benzene rings is 2. The Labute approximate surface area is 234 Å². The van der Waals surface area contributed by atoms with Crippen LogP contribution in [-0.2, 0) is 23.0 Å². The number of sulfonamides is 1. The number of unbranched alkanes of at least 4 members (excludes halogenated alkanes) is 4. The van der Waals surface area contributed by atoms with Crippen LogP contribution in [0.25, 0.3) is 16.9 Å². The van der Waals surface area contributed by atoms with Crippen LogP contribution in [-0.4, -0.2) is 41.7 Å². The minimum atomic E-state index is -3.92. The van der Waals surface area contributed by atoms with Gasteiger partial charge in [0.05, 0.1) is 29.9 Å². The summed E-state index contributed by atoms with van der Waals surface area (Å²) in [6.45, 7) is 6.20. The van der Waals surface area contributed by atoms with E-state index >= 15 is 0 Å². The van der Waals surface area contributed by atoms with Gasteiger partial charge in [-0.05, 0) is 44.5 Å². The molecule has 40 heavy (non-hydrogen) atoms. The summed E-state index contributed by atoms with van der Waals surface area (Å²) >= 11 is 0. The van der Waals surface area contributed by atoms with E-state index in [1.165, 1.54) is 32.1 Å². The second kappa shape index (κ2) is 13.1. The van der Waals surface area contributed by atoms with E-state index in [1.54, 1.807) is 29.6 Å². The van der Waals surface area contributed by atoms with Gasteiger partial charge in [0.2, 0.25) is 10.0 Å². The maximum absolute atomic E-state index is 13.3. The lowest BCUT2D eigenvalue weighted by Gasteiger charge is -2.14. The third kappa shape index (κ3) is 6.53. The number of fused-ring (bicyclic) bond motifs is 1. The van der Waals surface area contributed by atoms with Gasteiger partial charge in [0.25, 0.3) is 5.56 Å². The van der Waals surface area contributed by atoms with Crippen LogP contribution in [0.2, 0.25) is 0 Å². The van der Waals surface area contributed by atoms with E-state index in [1.807, 2.05) is 19.1 Å². The highest BCUT2D eigenvalue weighted by atomic mass is 32.2. The maximum Gasteiger partial charge on any atom is 0.277 e. The van der Waals surface area contributed by atoms with Gasteiger partial charge in [0.15, 0.2) is 11.3 Å². The Morgan fingerprint density at radius 2 is 1.80 bits per heavy atom. The Hall–Kier alpha value is -3.70. The van der Waals surface area contributed by atoms with Gasteiger partial charge in [-0.2, -0.15) is 0 Å². The normalized spacial score (nSPS) is 11.7. The highest BCUT2D eigenvalue weighted by Gasteiger charge is 2.21. The van der Waals surface area contributed by atoms with Gasteiger partial charge in [-0.15, -0.1) is 5.10 Å². The molecule has 2 N–H and O–H groups in total. The highest BCUT2D eigenvalue weighted by molar-refractivity contribution is 7.89. The highest BCUT2D eigenvalue weighted by Crippen LogP contribution is 2.30. The second-order valence-electron chi connectivity index (χ2n) is 9.57. The molecule has 214 valence electrons. The monoisotopic (exact) mass is 567 g/mol. The molecule has 0 saturated carbocycles. The van der Waals surface area contributed by atoms with E-state index < -0.39 is 10.0 Å². The Balaban J connectivity index is 1.70. The minimum absolute atomic E-state index is 0.0153. The van der Waals surface area contributed by atoms with Crippen molar-refractivity contribution in [3.8, 4) is 22.9 Å². The maximum atomic E-state index is 13.3. The number of ether oxygens (including phenoxy) is 2. The van der Waals surface area contributed by atoms with Gasteiger partial charge >= 0.3 is 0 Å². The smallest absolute Gasteiger partial charge is 0.277 e. The lowest BCUT2D eigenvalue weighted by molar-refractivity contribution is 0.341. The van der Waals surface area contributed by atoms with Gasteiger partial charge in [-0.3, -0.25) is 4.79 Å². The van der Waals surface area contributed by atoms with E-state index in [-0.39, 0.29) is 22.8 Å². The molecule has 2 heterocycles. The largest absolute Gasteiger partial charge is 0.496 e. The summed E-state index contributed by atoms with van der Waals surface area (Å²) in [7, 11) is -2.38. The summed E-state index contributed by atoms with van der Waals surface area (Å²) < 4.78 is 41.9. The fourth-order valence-electron chi connectivity index (χ4n) is 4.65. The summed E-state index contributed by atoms with van der Waals surface area (Å²) in [5.74, 6) is 1.90. The van der Waals surface area contributed by atoms with E-state index in [4.69, 9.17) is 14.6 Å². The molecule has 0 unspecified atom stereocenters. The van der Waals surface area contributed by atoms with E-state index in [9.17, 15) is 13.2 Å². The number of H-pyrrole nitrogens is 1. The average Bonchev–Trinajstić information content (AvgIpc) is 3.27. The van der Waals surface area contributed by atoms with Crippen molar-refractivity contribution in [1.82, 2.24) is 24.3 Å². The number of imidazole rings is 1. The van der Waals surface area contributed by atoms with Crippen LogP contribution in [0.1, 0.15) is 63.0 Å². The quantitative estimate of drug-likeness (QED) is 0.210. The number of hydrogen-bond donors (Lipinski definition) is 2. The van der Waals surface area contributed by atoms with Crippen LogP contribution >= 0.6 is 0 Å².